The van der Waals surface area contributed by atoms with Gasteiger partial charge in [0.15, 0.2) is 0 Å². The summed E-state index contributed by atoms with van der Waals surface area (Å²) in [7, 11) is 1.64. The number of hydrogen-bond acceptors (Lipinski definition) is 5. The number of hydrogen-bond donors (Lipinski definition) is 3. The number of rotatable bonds is 6. The molecular formula is C27H34F3N5O2. The van der Waals surface area contributed by atoms with Gasteiger partial charge in [-0.05, 0) is 43.5 Å². The van der Waals surface area contributed by atoms with E-state index in [0.29, 0.717) is 39.1 Å². The average molecular weight is 518 g/mol. The van der Waals surface area contributed by atoms with E-state index in [2.05, 4.69) is 4.98 Å². The molecule has 0 radical (unpaired) electrons. The zero-order valence-electron chi connectivity index (χ0n) is 21.6. The molecule has 1 aliphatic carbocycles. The molecule has 37 heavy (non-hydrogen) atoms. The van der Waals surface area contributed by atoms with Crippen molar-refractivity contribution >= 4 is 22.7 Å². The molecular weight excluding hydrogens is 483 g/mol. The van der Waals surface area contributed by atoms with Crippen LogP contribution in [0.15, 0.2) is 48.4 Å². The topological polar surface area (TPSA) is 110 Å². The molecule has 200 valence electrons. The first kappa shape index (κ1) is 28.0. The van der Waals surface area contributed by atoms with E-state index < -0.39 is 30.4 Å². The average Bonchev–Trinajstić information content (AvgIpc) is 3.19. The number of aromatic carboxylic acids is 1. The molecule has 0 aliphatic heterocycles. The van der Waals surface area contributed by atoms with E-state index >= 15 is 4.39 Å². The minimum atomic E-state index is -2.84. The Morgan fingerprint density at radius 2 is 1.70 bits per heavy atom. The summed E-state index contributed by atoms with van der Waals surface area (Å²) in [4.78, 5) is 15.8. The highest BCUT2D eigenvalue weighted by Gasteiger charge is 2.44. The standard InChI is InChI=1S/C25H28F3N5O2.C2H6/c1-15(29)22(32(2)30)18-11-20-21(31-12-18)19(16-3-5-17(6-4-16)23(34)35)13-33(20)14-24(26)7-9-25(27,28)10-8-24;1-2/h3-6,11-13H,7-10,14,29-30H2,1-2H3,(H,34,35);1-2H3/b22-15-;. The first-order chi connectivity index (χ1) is 17.4. The van der Waals surface area contributed by atoms with Crippen molar-refractivity contribution in [2.24, 2.45) is 11.6 Å². The zero-order valence-corrected chi connectivity index (χ0v) is 21.6. The number of pyridine rings is 1. The van der Waals surface area contributed by atoms with Crippen LogP contribution in [-0.4, -0.2) is 44.3 Å². The molecule has 10 heteroatoms. The van der Waals surface area contributed by atoms with Crippen molar-refractivity contribution in [1.29, 1.82) is 0 Å². The quantitative estimate of drug-likeness (QED) is 0.282. The van der Waals surface area contributed by atoms with Gasteiger partial charge >= 0.3 is 5.97 Å². The molecule has 1 fully saturated rings. The van der Waals surface area contributed by atoms with Crippen LogP contribution in [0.4, 0.5) is 13.2 Å². The predicted molar refractivity (Wildman–Crippen MR) is 139 cm³/mol. The van der Waals surface area contributed by atoms with Crippen LogP contribution in [0.2, 0.25) is 0 Å². The Morgan fingerprint density at radius 1 is 1.11 bits per heavy atom. The minimum Gasteiger partial charge on any atom is -0.478 e. The van der Waals surface area contributed by atoms with Gasteiger partial charge in [-0.25, -0.2) is 23.8 Å². The summed E-state index contributed by atoms with van der Waals surface area (Å²) in [5, 5.41) is 10.6. The number of nitrogens with zero attached hydrogens (tertiary/aromatic N) is 3. The summed E-state index contributed by atoms with van der Waals surface area (Å²) < 4.78 is 44.8. The number of fused-ring (bicyclic) bond motifs is 1. The number of carboxylic acids is 1. The second kappa shape index (κ2) is 10.8. The molecule has 0 unspecified atom stereocenters. The lowest BCUT2D eigenvalue weighted by molar-refractivity contribution is -0.0791. The van der Waals surface area contributed by atoms with E-state index in [0.717, 1.165) is 0 Å². The van der Waals surface area contributed by atoms with Crippen molar-refractivity contribution in [1.82, 2.24) is 14.6 Å². The van der Waals surface area contributed by atoms with E-state index in [1.807, 2.05) is 13.8 Å². The van der Waals surface area contributed by atoms with Gasteiger partial charge in [-0.2, -0.15) is 0 Å². The molecule has 0 spiro atoms. The molecule has 5 N–H and O–H groups in total. The van der Waals surface area contributed by atoms with E-state index in [1.54, 1.807) is 49.1 Å². The normalized spacial score (nSPS) is 17.0. The Labute approximate surface area is 214 Å². The van der Waals surface area contributed by atoms with Crippen molar-refractivity contribution < 1.29 is 23.1 Å². The van der Waals surface area contributed by atoms with Gasteiger partial charge in [0.05, 0.1) is 28.8 Å². The number of allylic oxidation sites excluding steroid dienone is 1. The van der Waals surface area contributed by atoms with Crippen LogP contribution in [0.1, 0.15) is 62.4 Å². The first-order valence-corrected chi connectivity index (χ1v) is 12.2. The lowest BCUT2D eigenvalue weighted by atomic mass is 9.84. The summed E-state index contributed by atoms with van der Waals surface area (Å²) in [6.45, 7) is 5.59. The summed E-state index contributed by atoms with van der Waals surface area (Å²) in [5.41, 5.74) is 8.54. The lowest BCUT2D eigenvalue weighted by Crippen LogP contribution is -2.38. The van der Waals surface area contributed by atoms with Gasteiger partial charge in [0.1, 0.15) is 5.67 Å². The first-order valence-electron chi connectivity index (χ1n) is 12.2. The molecule has 2 aromatic heterocycles. The fourth-order valence-corrected chi connectivity index (χ4v) is 4.67. The molecule has 0 amide bonds. The Kier molecular flexibility index (Phi) is 8.22. The maximum Gasteiger partial charge on any atom is 0.335 e. The van der Waals surface area contributed by atoms with Crippen molar-refractivity contribution in [2.75, 3.05) is 7.05 Å². The number of hydrazine groups is 1. The van der Waals surface area contributed by atoms with E-state index in [4.69, 9.17) is 11.6 Å². The Hall–Kier alpha value is -3.53. The predicted octanol–water partition coefficient (Wildman–Crippen LogP) is 5.80. The van der Waals surface area contributed by atoms with Gasteiger partial charge in [-0.15, -0.1) is 0 Å². The molecule has 4 rings (SSSR count). The van der Waals surface area contributed by atoms with Crippen LogP contribution in [-0.2, 0) is 6.54 Å². The number of nitrogens with two attached hydrogens (primary N) is 2. The van der Waals surface area contributed by atoms with Crippen molar-refractivity contribution in [2.45, 2.75) is 64.6 Å². The number of aromatic nitrogens is 2. The molecule has 7 nitrogen and oxygen atoms in total. The Morgan fingerprint density at radius 3 is 2.22 bits per heavy atom. The van der Waals surface area contributed by atoms with Crippen LogP contribution in [0.25, 0.3) is 27.9 Å². The van der Waals surface area contributed by atoms with E-state index in [9.17, 15) is 18.7 Å². The molecule has 0 atom stereocenters. The third-order valence-electron chi connectivity index (χ3n) is 6.49. The molecule has 0 saturated heterocycles. The highest BCUT2D eigenvalue weighted by atomic mass is 19.3. The van der Waals surface area contributed by atoms with Crippen LogP contribution >= 0.6 is 0 Å². The summed E-state index contributed by atoms with van der Waals surface area (Å²) in [5.74, 6) is 2.08. The minimum absolute atomic E-state index is 0.114. The summed E-state index contributed by atoms with van der Waals surface area (Å²) in [6, 6.07) is 8.09. The number of benzene rings is 1. The van der Waals surface area contributed by atoms with Crippen molar-refractivity contribution in [3.8, 4) is 11.1 Å². The lowest BCUT2D eigenvalue weighted by Gasteiger charge is -2.34. The third-order valence-corrected chi connectivity index (χ3v) is 6.49. The largest absolute Gasteiger partial charge is 0.478 e. The van der Waals surface area contributed by atoms with Crippen molar-refractivity contribution in [3.63, 3.8) is 0 Å². The number of halogens is 3. The second-order valence-corrected chi connectivity index (χ2v) is 9.29. The molecule has 1 saturated carbocycles. The molecule has 3 aromatic rings. The molecule has 2 heterocycles. The van der Waals surface area contributed by atoms with Gasteiger partial charge in [0.2, 0.25) is 5.92 Å². The smallest absolute Gasteiger partial charge is 0.335 e. The Balaban J connectivity index is 0.00000186. The second-order valence-electron chi connectivity index (χ2n) is 9.29. The number of carbonyl (C=O) groups is 1. The summed E-state index contributed by atoms with van der Waals surface area (Å²) in [6.07, 6.45) is 1.88. The van der Waals surface area contributed by atoms with E-state index in [1.165, 1.54) is 17.1 Å². The summed E-state index contributed by atoms with van der Waals surface area (Å²) >= 11 is 0. The van der Waals surface area contributed by atoms with Gasteiger partial charge in [-0.1, -0.05) is 26.0 Å². The van der Waals surface area contributed by atoms with Crippen molar-refractivity contribution in [3.05, 3.63) is 59.5 Å². The van der Waals surface area contributed by atoms with Gasteiger partial charge in [0.25, 0.3) is 0 Å². The number of carboxylic acid groups (broad SMARTS) is 1. The van der Waals surface area contributed by atoms with Crippen LogP contribution in [0.5, 0.6) is 0 Å². The highest BCUT2D eigenvalue weighted by Crippen LogP contribution is 2.42. The third kappa shape index (κ3) is 6.07. The van der Waals surface area contributed by atoms with E-state index in [-0.39, 0.29) is 24.9 Å². The van der Waals surface area contributed by atoms with Gasteiger partial charge < -0.3 is 20.4 Å². The van der Waals surface area contributed by atoms with Crippen LogP contribution < -0.4 is 11.6 Å². The van der Waals surface area contributed by atoms with Gasteiger partial charge in [0, 0.05) is 49.1 Å². The highest BCUT2D eigenvalue weighted by molar-refractivity contribution is 5.95. The maximum absolute atomic E-state index is 15.7. The molecule has 1 aromatic carbocycles. The maximum atomic E-state index is 15.7. The van der Waals surface area contributed by atoms with Crippen LogP contribution in [0, 0.1) is 0 Å². The van der Waals surface area contributed by atoms with Crippen LogP contribution in [0.3, 0.4) is 0 Å². The fourth-order valence-electron chi connectivity index (χ4n) is 4.67. The zero-order chi connectivity index (χ0) is 27.5. The Bertz CT molecular complexity index is 1290. The fraction of sp³-hybridized carbons (Fsp3) is 0.407. The SMILES string of the molecule is C/C(N)=C(\c1cnc2c(-c3ccc(C(=O)O)cc3)cn(CC3(F)CCC(F)(F)CC3)c2c1)N(C)N.CC. The monoisotopic (exact) mass is 517 g/mol. The van der Waals surface area contributed by atoms with Gasteiger partial charge in [-0.3, -0.25) is 4.98 Å². The number of alkyl halides is 3. The molecule has 1 aliphatic rings. The molecule has 0 bridgehead atoms.